The van der Waals surface area contributed by atoms with Crippen LogP contribution < -0.4 is 10.6 Å². The number of halogens is 1. The average Bonchev–Trinajstić information content (AvgIpc) is 2.36. The van der Waals surface area contributed by atoms with Gasteiger partial charge in [-0.2, -0.15) is 0 Å². The molecule has 2 aromatic carbocycles. The van der Waals surface area contributed by atoms with Crippen molar-refractivity contribution in [3.05, 3.63) is 53.8 Å². The van der Waals surface area contributed by atoms with E-state index >= 15 is 0 Å². The number of hydrogen-bond acceptors (Lipinski definition) is 3. The Bertz CT molecular complexity index is 592. The molecule has 4 nitrogen and oxygen atoms in total. The maximum absolute atomic E-state index is 13.1. The summed E-state index contributed by atoms with van der Waals surface area (Å²) in [6, 6.07) is 11.1. The van der Waals surface area contributed by atoms with Crippen LogP contribution in [0.25, 0.3) is 0 Å². The molecule has 2 rings (SSSR count). The molecule has 0 aliphatic heterocycles. The number of carbonyl (C=O) groups is 1. The second kappa shape index (κ2) is 6.06. The highest BCUT2D eigenvalue weighted by Gasteiger charge is 2.01. The third kappa shape index (κ3) is 3.98. The van der Waals surface area contributed by atoms with Gasteiger partial charge in [0.05, 0.1) is 0 Å². The minimum Gasteiger partial charge on any atom is -0.508 e. The zero-order valence-corrected chi connectivity index (χ0v) is 11.0. The summed E-state index contributed by atoms with van der Waals surface area (Å²) in [6.45, 7) is 1.84. The monoisotopic (exact) mass is 274 g/mol. The summed E-state index contributed by atoms with van der Waals surface area (Å²) < 4.78 is 13.1. The third-order valence-corrected chi connectivity index (χ3v) is 2.64. The predicted molar refractivity (Wildman–Crippen MR) is 76.1 cm³/mol. The van der Waals surface area contributed by atoms with Crippen molar-refractivity contribution < 1.29 is 14.3 Å². The van der Waals surface area contributed by atoms with Crippen molar-refractivity contribution in [1.82, 2.24) is 0 Å². The van der Waals surface area contributed by atoms with Gasteiger partial charge in [-0.3, -0.25) is 4.79 Å². The Morgan fingerprint density at radius 2 is 1.80 bits per heavy atom. The van der Waals surface area contributed by atoms with Crippen LogP contribution in [-0.4, -0.2) is 11.0 Å². The van der Waals surface area contributed by atoms with E-state index < -0.39 is 5.82 Å². The van der Waals surface area contributed by atoms with E-state index in [9.17, 15) is 14.3 Å². The van der Waals surface area contributed by atoms with Crippen molar-refractivity contribution >= 4 is 17.3 Å². The van der Waals surface area contributed by atoms with E-state index in [1.165, 1.54) is 19.1 Å². The van der Waals surface area contributed by atoms with Gasteiger partial charge in [0, 0.05) is 30.9 Å². The first kappa shape index (κ1) is 13.9. The van der Waals surface area contributed by atoms with Crippen LogP contribution in [0.4, 0.5) is 15.8 Å². The fourth-order valence-corrected chi connectivity index (χ4v) is 1.81. The highest BCUT2D eigenvalue weighted by molar-refractivity contribution is 5.88. The van der Waals surface area contributed by atoms with Crippen molar-refractivity contribution in [1.29, 1.82) is 0 Å². The molecule has 0 radical (unpaired) electrons. The molecule has 0 saturated heterocycles. The quantitative estimate of drug-likeness (QED) is 0.802. The van der Waals surface area contributed by atoms with Gasteiger partial charge < -0.3 is 15.7 Å². The summed E-state index contributed by atoms with van der Waals surface area (Å²) in [5, 5.41) is 15.1. The number of amides is 1. The van der Waals surface area contributed by atoms with Crippen LogP contribution in [0.2, 0.25) is 0 Å². The fourth-order valence-electron chi connectivity index (χ4n) is 1.81. The Morgan fingerprint density at radius 3 is 2.40 bits per heavy atom. The first-order chi connectivity index (χ1) is 9.52. The van der Waals surface area contributed by atoms with Gasteiger partial charge >= 0.3 is 0 Å². The highest BCUT2D eigenvalue weighted by Crippen LogP contribution is 2.17. The van der Waals surface area contributed by atoms with Gasteiger partial charge in [-0.1, -0.05) is 0 Å². The lowest BCUT2D eigenvalue weighted by atomic mass is 10.2. The number of phenolic OH excluding ortho intramolecular Hbond substituents is 1. The number of phenols is 1. The molecule has 3 N–H and O–H groups in total. The maximum Gasteiger partial charge on any atom is 0.221 e. The Morgan fingerprint density at radius 1 is 1.15 bits per heavy atom. The molecule has 0 heterocycles. The van der Waals surface area contributed by atoms with Crippen LogP contribution in [-0.2, 0) is 11.3 Å². The number of hydrogen-bond donors (Lipinski definition) is 3. The van der Waals surface area contributed by atoms with Gasteiger partial charge in [0.15, 0.2) is 0 Å². The Hall–Kier alpha value is -2.56. The van der Waals surface area contributed by atoms with E-state index in [-0.39, 0.29) is 11.7 Å². The van der Waals surface area contributed by atoms with Crippen molar-refractivity contribution in [2.24, 2.45) is 0 Å². The zero-order chi connectivity index (χ0) is 14.5. The molecular formula is C15H15FN2O2. The number of aromatic hydroxyl groups is 1. The van der Waals surface area contributed by atoms with Crippen LogP contribution in [0, 0.1) is 5.82 Å². The predicted octanol–water partition coefficient (Wildman–Crippen LogP) is 3.10. The lowest BCUT2D eigenvalue weighted by Crippen LogP contribution is -2.05. The topological polar surface area (TPSA) is 61.4 Å². The highest BCUT2D eigenvalue weighted by atomic mass is 19.1. The fraction of sp³-hybridized carbons (Fsp3) is 0.133. The van der Waals surface area contributed by atoms with Gasteiger partial charge in [0.2, 0.25) is 5.91 Å². The standard InChI is InChI=1S/C15H15FN2O2/c1-10(19)18-14-4-2-13(3-5-14)17-9-11-6-12(16)8-15(20)7-11/h2-8,17,20H,9H2,1H3,(H,18,19). The van der Waals surface area contributed by atoms with Gasteiger partial charge in [0.25, 0.3) is 0 Å². The summed E-state index contributed by atoms with van der Waals surface area (Å²) in [7, 11) is 0. The number of nitrogens with one attached hydrogen (secondary N) is 2. The minimum absolute atomic E-state index is 0.0946. The lowest BCUT2D eigenvalue weighted by molar-refractivity contribution is -0.114. The number of anilines is 2. The van der Waals surface area contributed by atoms with Gasteiger partial charge in [-0.05, 0) is 42.0 Å². The normalized spacial score (nSPS) is 10.1. The van der Waals surface area contributed by atoms with E-state index in [1.807, 2.05) is 12.1 Å². The molecule has 0 spiro atoms. The summed E-state index contributed by atoms with van der Waals surface area (Å²) in [4.78, 5) is 10.9. The summed E-state index contributed by atoms with van der Waals surface area (Å²) in [5.74, 6) is -0.688. The second-order valence-corrected chi connectivity index (χ2v) is 4.43. The first-order valence-corrected chi connectivity index (χ1v) is 6.13. The molecule has 0 bridgehead atoms. The molecule has 0 atom stereocenters. The molecule has 0 aromatic heterocycles. The summed E-state index contributed by atoms with van der Waals surface area (Å²) in [6.07, 6.45) is 0. The van der Waals surface area contributed by atoms with E-state index in [1.54, 1.807) is 12.1 Å². The first-order valence-electron chi connectivity index (χ1n) is 6.13. The molecular weight excluding hydrogens is 259 g/mol. The van der Waals surface area contributed by atoms with Crippen molar-refractivity contribution in [3.63, 3.8) is 0 Å². The largest absolute Gasteiger partial charge is 0.508 e. The molecule has 104 valence electrons. The van der Waals surface area contributed by atoms with Crippen molar-refractivity contribution in [3.8, 4) is 5.75 Å². The van der Waals surface area contributed by atoms with Gasteiger partial charge in [-0.15, -0.1) is 0 Å². The summed E-state index contributed by atoms with van der Waals surface area (Å²) >= 11 is 0. The SMILES string of the molecule is CC(=O)Nc1ccc(NCc2cc(O)cc(F)c2)cc1. The molecule has 5 heteroatoms. The molecule has 1 amide bonds. The molecule has 0 saturated carbocycles. The van der Waals surface area contributed by atoms with Crippen LogP contribution >= 0.6 is 0 Å². The van der Waals surface area contributed by atoms with Crippen LogP contribution in [0.5, 0.6) is 5.75 Å². The Kier molecular flexibility index (Phi) is 4.20. The molecule has 2 aromatic rings. The molecule has 20 heavy (non-hydrogen) atoms. The molecule has 0 fully saturated rings. The van der Waals surface area contributed by atoms with Crippen molar-refractivity contribution in [2.75, 3.05) is 10.6 Å². The van der Waals surface area contributed by atoms with E-state index in [2.05, 4.69) is 10.6 Å². The van der Waals surface area contributed by atoms with Crippen LogP contribution in [0.1, 0.15) is 12.5 Å². The maximum atomic E-state index is 13.1. The van der Waals surface area contributed by atoms with E-state index in [4.69, 9.17) is 0 Å². The summed E-state index contributed by atoms with van der Waals surface area (Å²) in [5.41, 5.74) is 2.20. The minimum atomic E-state index is -0.470. The number of benzene rings is 2. The third-order valence-electron chi connectivity index (χ3n) is 2.64. The Labute approximate surface area is 116 Å². The number of carbonyl (C=O) groups excluding carboxylic acids is 1. The van der Waals surface area contributed by atoms with Crippen molar-refractivity contribution in [2.45, 2.75) is 13.5 Å². The zero-order valence-electron chi connectivity index (χ0n) is 11.0. The molecule has 0 aliphatic rings. The van der Waals surface area contributed by atoms with Crippen LogP contribution in [0.15, 0.2) is 42.5 Å². The van der Waals surface area contributed by atoms with E-state index in [0.29, 0.717) is 17.8 Å². The van der Waals surface area contributed by atoms with Crippen LogP contribution in [0.3, 0.4) is 0 Å². The second-order valence-electron chi connectivity index (χ2n) is 4.43. The van der Waals surface area contributed by atoms with Gasteiger partial charge in [-0.25, -0.2) is 4.39 Å². The smallest absolute Gasteiger partial charge is 0.221 e. The molecule has 0 aliphatic carbocycles. The molecule has 0 unspecified atom stereocenters. The van der Waals surface area contributed by atoms with E-state index in [0.717, 1.165) is 11.8 Å². The average molecular weight is 274 g/mol. The van der Waals surface area contributed by atoms with Gasteiger partial charge in [0.1, 0.15) is 11.6 Å². The number of rotatable bonds is 4. The lowest BCUT2D eigenvalue weighted by Gasteiger charge is -2.08. The Balaban J connectivity index is 1.98.